The summed E-state index contributed by atoms with van der Waals surface area (Å²) < 4.78 is 8.00. The van der Waals surface area contributed by atoms with Gasteiger partial charge in [0.2, 0.25) is 0 Å². The van der Waals surface area contributed by atoms with Gasteiger partial charge in [-0.25, -0.2) is 9.97 Å². The fourth-order valence-corrected chi connectivity index (χ4v) is 3.29. The third-order valence-corrected chi connectivity index (χ3v) is 5.64. The predicted octanol–water partition coefficient (Wildman–Crippen LogP) is 4.12. The largest absolute Gasteiger partial charge is 0.508 e. The highest BCUT2D eigenvalue weighted by Gasteiger charge is 2.14. The van der Waals surface area contributed by atoms with Gasteiger partial charge in [0.1, 0.15) is 24.5 Å². The molecule has 0 aliphatic heterocycles. The third kappa shape index (κ3) is 3.83. The van der Waals surface area contributed by atoms with Gasteiger partial charge >= 0.3 is 0 Å². The molecular weight excluding hydrogens is 318 g/mol. The first-order valence-corrected chi connectivity index (χ1v) is 11.8. The average molecular weight is 341 g/mol. The summed E-state index contributed by atoms with van der Waals surface area (Å²) in [5, 5.41) is 10.5. The Labute approximate surface area is 143 Å². The maximum absolute atomic E-state index is 9.51. The number of nitrogens with zero attached hydrogens (tertiary/aromatic N) is 3. The molecular formula is C18H23N3O2Si. The highest BCUT2D eigenvalue weighted by molar-refractivity contribution is 6.76. The van der Waals surface area contributed by atoms with Gasteiger partial charge < -0.3 is 14.4 Å². The highest BCUT2D eigenvalue weighted by atomic mass is 28.3. The van der Waals surface area contributed by atoms with Crippen LogP contribution >= 0.6 is 0 Å². The monoisotopic (exact) mass is 341 g/mol. The second-order valence-corrected chi connectivity index (χ2v) is 12.8. The summed E-state index contributed by atoms with van der Waals surface area (Å²) in [7, 11) is -1.10. The zero-order chi connectivity index (χ0) is 17.2. The van der Waals surface area contributed by atoms with Crippen molar-refractivity contribution in [1.82, 2.24) is 14.5 Å². The van der Waals surface area contributed by atoms with Crippen molar-refractivity contribution in [3.05, 3.63) is 42.9 Å². The van der Waals surface area contributed by atoms with Crippen LogP contribution in [-0.4, -0.2) is 34.3 Å². The van der Waals surface area contributed by atoms with Crippen molar-refractivity contribution < 1.29 is 9.84 Å². The van der Waals surface area contributed by atoms with Crippen molar-refractivity contribution in [2.45, 2.75) is 32.4 Å². The van der Waals surface area contributed by atoms with Crippen LogP contribution in [0.1, 0.15) is 0 Å². The van der Waals surface area contributed by atoms with E-state index in [0.717, 1.165) is 34.9 Å². The summed E-state index contributed by atoms with van der Waals surface area (Å²) in [6.45, 7) is 8.25. The summed E-state index contributed by atoms with van der Waals surface area (Å²) in [6, 6.07) is 10.4. The Balaban J connectivity index is 1.89. The minimum atomic E-state index is -1.10. The lowest BCUT2D eigenvalue weighted by Crippen LogP contribution is -2.22. The molecule has 1 N–H and O–H groups in total. The molecule has 5 nitrogen and oxygen atoms in total. The number of rotatable bonds is 6. The van der Waals surface area contributed by atoms with Gasteiger partial charge in [0.25, 0.3) is 0 Å². The second-order valence-electron chi connectivity index (χ2n) is 7.15. The van der Waals surface area contributed by atoms with Gasteiger partial charge in [-0.05, 0) is 41.9 Å². The van der Waals surface area contributed by atoms with Gasteiger partial charge in [-0.1, -0.05) is 19.6 Å². The van der Waals surface area contributed by atoms with Gasteiger partial charge in [0.05, 0.1) is 5.69 Å². The molecule has 3 rings (SSSR count). The van der Waals surface area contributed by atoms with Crippen molar-refractivity contribution in [2.75, 3.05) is 6.61 Å². The molecule has 2 heterocycles. The van der Waals surface area contributed by atoms with Gasteiger partial charge in [0, 0.05) is 26.3 Å². The summed E-state index contributed by atoms with van der Waals surface area (Å²) >= 11 is 0. The standard InChI is InChI=1S/C18H23N3O2Si/c1-24(2,3)9-8-23-13-21-17(14-4-6-16(22)7-5-14)10-15-11-19-12-20-18(15)21/h4-7,10-12,22H,8-9,13H2,1-3H3. The number of hydrogen-bond acceptors (Lipinski definition) is 4. The van der Waals surface area contributed by atoms with Crippen LogP contribution in [0, 0.1) is 0 Å². The molecule has 3 aromatic rings. The molecule has 1 aromatic carbocycles. The molecule has 0 bridgehead atoms. The lowest BCUT2D eigenvalue weighted by molar-refractivity contribution is 0.0909. The lowest BCUT2D eigenvalue weighted by Gasteiger charge is -2.16. The van der Waals surface area contributed by atoms with Crippen LogP contribution in [0.25, 0.3) is 22.3 Å². The van der Waals surface area contributed by atoms with Crippen molar-refractivity contribution in [3.8, 4) is 17.0 Å². The smallest absolute Gasteiger partial charge is 0.145 e. The van der Waals surface area contributed by atoms with E-state index in [2.05, 4.69) is 40.2 Å². The van der Waals surface area contributed by atoms with Crippen molar-refractivity contribution in [3.63, 3.8) is 0 Å². The topological polar surface area (TPSA) is 60.2 Å². The third-order valence-electron chi connectivity index (χ3n) is 3.94. The SMILES string of the molecule is C[Si](C)(C)CCOCn1c(-c2ccc(O)cc2)cc2cncnc21. The molecule has 0 atom stereocenters. The van der Waals surface area contributed by atoms with Gasteiger partial charge in [0.15, 0.2) is 0 Å². The molecule has 0 amide bonds. The van der Waals surface area contributed by atoms with Gasteiger partial charge in [-0.2, -0.15) is 0 Å². The van der Waals surface area contributed by atoms with E-state index in [4.69, 9.17) is 4.74 Å². The Kier molecular flexibility index (Phi) is 4.68. The molecule has 0 unspecified atom stereocenters. The Hall–Kier alpha value is -2.18. The maximum atomic E-state index is 9.51. The Morgan fingerprint density at radius 1 is 1.17 bits per heavy atom. The fourth-order valence-electron chi connectivity index (χ4n) is 2.54. The van der Waals surface area contributed by atoms with Crippen molar-refractivity contribution in [1.29, 1.82) is 0 Å². The number of fused-ring (bicyclic) bond motifs is 1. The number of aromatic hydroxyl groups is 1. The van der Waals surface area contributed by atoms with E-state index in [1.807, 2.05) is 18.3 Å². The molecule has 24 heavy (non-hydrogen) atoms. The first kappa shape index (κ1) is 16.7. The number of phenols is 1. The van der Waals surface area contributed by atoms with E-state index in [1.165, 1.54) is 0 Å². The maximum Gasteiger partial charge on any atom is 0.145 e. The Morgan fingerprint density at radius 2 is 1.92 bits per heavy atom. The van der Waals surface area contributed by atoms with Gasteiger partial charge in [-0.3, -0.25) is 0 Å². The summed E-state index contributed by atoms with van der Waals surface area (Å²) in [5.41, 5.74) is 2.89. The second kappa shape index (κ2) is 6.74. The number of hydrogen-bond donors (Lipinski definition) is 1. The van der Waals surface area contributed by atoms with Crippen LogP contribution in [0.3, 0.4) is 0 Å². The van der Waals surface area contributed by atoms with Crippen LogP contribution < -0.4 is 0 Å². The first-order chi connectivity index (χ1) is 11.4. The Morgan fingerprint density at radius 3 is 2.62 bits per heavy atom. The molecule has 0 spiro atoms. The Bertz CT molecular complexity index is 822. The van der Waals surface area contributed by atoms with Crippen LogP contribution in [0.4, 0.5) is 0 Å². The van der Waals surface area contributed by atoms with Crippen LogP contribution in [0.15, 0.2) is 42.9 Å². The van der Waals surface area contributed by atoms with Crippen molar-refractivity contribution >= 4 is 19.1 Å². The number of benzene rings is 1. The van der Waals surface area contributed by atoms with E-state index in [9.17, 15) is 5.11 Å². The molecule has 2 aromatic heterocycles. The van der Waals surface area contributed by atoms with E-state index >= 15 is 0 Å². The predicted molar refractivity (Wildman–Crippen MR) is 98.7 cm³/mol. The molecule has 0 saturated heterocycles. The number of ether oxygens (including phenoxy) is 1. The highest BCUT2D eigenvalue weighted by Crippen LogP contribution is 2.28. The van der Waals surface area contributed by atoms with Crippen LogP contribution in [-0.2, 0) is 11.5 Å². The fraction of sp³-hybridized carbons (Fsp3) is 0.333. The van der Waals surface area contributed by atoms with Gasteiger partial charge in [-0.15, -0.1) is 0 Å². The summed E-state index contributed by atoms with van der Waals surface area (Å²) in [5.74, 6) is 0.257. The quantitative estimate of drug-likeness (QED) is 0.541. The van der Waals surface area contributed by atoms with Crippen LogP contribution in [0.5, 0.6) is 5.75 Å². The summed E-state index contributed by atoms with van der Waals surface area (Å²) in [6.07, 6.45) is 3.37. The van der Waals surface area contributed by atoms with E-state index in [1.54, 1.807) is 18.5 Å². The number of aromatic nitrogens is 3. The zero-order valence-corrected chi connectivity index (χ0v) is 15.4. The normalized spacial score (nSPS) is 12.0. The molecule has 126 valence electrons. The molecule has 0 aliphatic rings. The minimum absolute atomic E-state index is 0.257. The first-order valence-electron chi connectivity index (χ1n) is 8.10. The van der Waals surface area contributed by atoms with E-state index < -0.39 is 8.07 Å². The molecule has 6 heteroatoms. The lowest BCUT2D eigenvalue weighted by atomic mass is 10.1. The zero-order valence-electron chi connectivity index (χ0n) is 14.4. The molecule has 0 radical (unpaired) electrons. The van der Waals surface area contributed by atoms with Crippen LogP contribution in [0.2, 0.25) is 25.7 Å². The average Bonchev–Trinajstić information content (AvgIpc) is 2.90. The molecule has 0 saturated carbocycles. The number of phenolic OH excluding ortho intramolecular Hbond substituents is 1. The van der Waals surface area contributed by atoms with E-state index in [-0.39, 0.29) is 5.75 Å². The summed E-state index contributed by atoms with van der Waals surface area (Å²) in [4.78, 5) is 8.51. The molecule has 0 aliphatic carbocycles. The molecule has 0 fully saturated rings. The minimum Gasteiger partial charge on any atom is -0.508 e. The van der Waals surface area contributed by atoms with E-state index in [0.29, 0.717) is 6.73 Å². The van der Waals surface area contributed by atoms with Crippen molar-refractivity contribution in [2.24, 2.45) is 0 Å².